The minimum absolute atomic E-state index is 0.0640. The third-order valence-electron chi connectivity index (χ3n) is 4.33. The van der Waals surface area contributed by atoms with Crippen LogP contribution in [0.2, 0.25) is 0 Å². The SMILES string of the molecule is C=C(C)CN1CCN(C(=O)c2cc3cccc(OC)c3oc2=O)CC1. The zero-order valence-electron chi connectivity index (χ0n) is 14.6. The van der Waals surface area contributed by atoms with Gasteiger partial charge in [0, 0.05) is 38.1 Å². The van der Waals surface area contributed by atoms with E-state index in [-0.39, 0.29) is 11.5 Å². The van der Waals surface area contributed by atoms with Crippen LogP contribution in [0.1, 0.15) is 17.3 Å². The lowest BCUT2D eigenvalue weighted by atomic mass is 10.1. The predicted molar refractivity (Wildman–Crippen MR) is 96.2 cm³/mol. The Bertz CT molecular complexity index is 863. The number of amides is 1. The van der Waals surface area contributed by atoms with Crippen molar-refractivity contribution >= 4 is 16.9 Å². The van der Waals surface area contributed by atoms with Crippen molar-refractivity contribution in [3.05, 3.63) is 52.4 Å². The number of carbonyl (C=O) groups is 1. The van der Waals surface area contributed by atoms with Crippen LogP contribution in [0.15, 0.2) is 45.6 Å². The number of para-hydroxylation sites is 1. The molecule has 1 amide bonds. The summed E-state index contributed by atoms with van der Waals surface area (Å²) in [7, 11) is 1.51. The van der Waals surface area contributed by atoms with Crippen molar-refractivity contribution in [1.29, 1.82) is 0 Å². The number of benzene rings is 1. The van der Waals surface area contributed by atoms with Crippen LogP contribution in [-0.4, -0.2) is 55.5 Å². The van der Waals surface area contributed by atoms with Crippen molar-refractivity contribution in [2.45, 2.75) is 6.92 Å². The van der Waals surface area contributed by atoms with Gasteiger partial charge in [0.05, 0.1) is 7.11 Å². The molecule has 3 rings (SSSR count). The van der Waals surface area contributed by atoms with E-state index in [1.165, 1.54) is 7.11 Å². The van der Waals surface area contributed by atoms with Crippen LogP contribution in [0.5, 0.6) is 5.75 Å². The molecule has 2 aromatic rings. The minimum Gasteiger partial charge on any atom is -0.493 e. The number of fused-ring (bicyclic) bond motifs is 1. The summed E-state index contributed by atoms with van der Waals surface area (Å²) in [5.41, 5.74) is 0.891. The normalized spacial score (nSPS) is 15.4. The Morgan fingerprint density at radius 2 is 2.00 bits per heavy atom. The first-order valence-electron chi connectivity index (χ1n) is 8.26. The summed E-state index contributed by atoms with van der Waals surface area (Å²) in [6, 6.07) is 6.90. The van der Waals surface area contributed by atoms with E-state index in [0.29, 0.717) is 29.8 Å². The molecule has 0 unspecified atom stereocenters. The zero-order valence-corrected chi connectivity index (χ0v) is 14.6. The highest BCUT2D eigenvalue weighted by atomic mass is 16.5. The summed E-state index contributed by atoms with van der Waals surface area (Å²) >= 11 is 0. The summed E-state index contributed by atoms with van der Waals surface area (Å²) < 4.78 is 10.6. The number of methoxy groups -OCH3 is 1. The van der Waals surface area contributed by atoms with E-state index < -0.39 is 5.63 Å². The molecule has 0 N–H and O–H groups in total. The number of nitrogens with zero attached hydrogens (tertiary/aromatic N) is 2. The maximum atomic E-state index is 12.7. The van der Waals surface area contributed by atoms with Crippen LogP contribution in [0.25, 0.3) is 11.0 Å². The Morgan fingerprint density at radius 3 is 2.64 bits per heavy atom. The van der Waals surface area contributed by atoms with E-state index in [4.69, 9.17) is 9.15 Å². The highest BCUT2D eigenvalue weighted by Gasteiger charge is 2.25. The third kappa shape index (κ3) is 3.58. The van der Waals surface area contributed by atoms with Gasteiger partial charge in [0.15, 0.2) is 11.3 Å². The second kappa shape index (κ2) is 7.11. The molecule has 0 bridgehead atoms. The first kappa shape index (κ1) is 17.2. The van der Waals surface area contributed by atoms with Gasteiger partial charge < -0.3 is 14.1 Å². The van der Waals surface area contributed by atoms with E-state index in [1.807, 2.05) is 6.92 Å². The number of hydrogen-bond acceptors (Lipinski definition) is 5. The molecule has 1 saturated heterocycles. The molecule has 1 aliphatic heterocycles. The van der Waals surface area contributed by atoms with Crippen molar-refractivity contribution in [3.8, 4) is 5.75 Å². The number of ether oxygens (including phenoxy) is 1. The molecule has 0 atom stereocenters. The predicted octanol–water partition coefficient (Wildman–Crippen LogP) is 2.14. The minimum atomic E-state index is -0.633. The fraction of sp³-hybridized carbons (Fsp3) is 0.368. The third-order valence-corrected chi connectivity index (χ3v) is 4.33. The van der Waals surface area contributed by atoms with Gasteiger partial charge in [0.1, 0.15) is 5.56 Å². The maximum absolute atomic E-state index is 12.7. The Labute approximate surface area is 146 Å². The topological polar surface area (TPSA) is 63.0 Å². The van der Waals surface area contributed by atoms with E-state index in [2.05, 4.69) is 11.5 Å². The number of carbonyl (C=O) groups excluding carboxylic acids is 1. The van der Waals surface area contributed by atoms with Crippen LogP contribution in [0.4, 0.5) is 0 Å². The molecule has 25 heavy (non-hydrogen) atoms. The molecule has 1 aliphatic rings. The van der Waals surface area contributed by atoms with Gasteiger partial charge in [0.2, 0.25) is 0 Å². The Morgan fingerprint density at radius 1 is 1.28 bits per heavy atom. The van der Waals surface area contributed by atoms with Gasteiger partial charge in [-0.2, -0.15) is 0 Å². The van der Waals surface area contributed by atoms with E-state index in [0.717, 1.165) is 25.2 Å². The van der Waals surface area contributed by atoms with Crippen molar-refractivity contribution in [2.75, 3.05) is 39.8 Å². The molecule has 0 saturated carbocycles. The Hall–Kier alpha value is -2.60. The monoisotopic (exact) mass is 342 g/mol. The second-order valence-electron chi connectivity index (χ2n) is 6.35. The lowest BCUT2D eigenvalue weighted by Gasteiger charge is -2.34. The standard InChI is InChI=1S/C19H22N2O4/c1-13(2)12-20-7-9-21(10-8-20)18(22)15-11-14-5-4-6-16(24-3)17(14)25-19(15)23/h4-6,11H,1,7-10,12H2,2-3H3. The van der Waals surface area contributed by atoms with Crippen molar-refractivity contribution in [2.24, 2.45) is 0 Å². The van der Waals surface area contributed by atoms with Crippen LogP contribution >= 0.6 is 0 Å². The largest absolute Gasteiger partial charge is 0.493 e. The molecule has 132 valence electrons. The molecule has 0 aliphatic carbocycles. The first-order chi connectivity index (χ1) is 12.0. The van der Waals surface area contributed by atoms with Gasteiger partial charge in [-0.3, -0.25) is 9.69 Å². The summed E-state index contributed by atoms with van der Waals surface area (Å²) in [6.07, 6.45) is 0. The van der Waals surface area contributed by atoms with Gasteiger partial charge in [-0.05, 0) is 19.1 Å². The highest BCUT2D eigenvalue weighted by Crippen LogP contribution is 2.24. The number of hydrogen-bond donors (Lipinski definition) is 0. The summed E-state index contributed by atoms with van der Waals surface area (Å²) in [6.45, 7) is 9.45. The molecular weight excluding hydrogens is 320 g/mol. The molecule has 1 aromatic carbocycles. The molecule has 0 radical (unpaired) electrons. The molecule has 1 fully saturated rings. The lowest BCUT2D eigenvalue weighted by Crippen LogP contribution is -2.49. The molecule has 6 heteroatoms. The molecule has 1 aromatic heterocycles. The summed E-state index contributed by atoms with van der Waals surface area (Å²) in [5, 5.41) is 0.670. The van der Waals surface area contributed by atoms with Gasteiger partial charge >= 0.3 is 5.63 Å². The van der Waals surface area contributed by atoms with Crippen molar-refractivity contribution in [1.82, 2.24) is 9.80 Å². The average Bonchev–Trinajstić information content (AvgIpc) is 2.60. The molecule has 6 nitrogen and oxygen atoms in total. The quantitative estimate of drug-likeness (QED) is 0.629. The molecular formula is C19H22N2O4. The van der Waals surface area contributed by atoms with Crippen molar-refractivity contribution in [3.63, 3.8) is 0 Å². The molecule has 2 heterocycles. The average molecular weight is 342 g/mol. The van der Waals surface area contributed by atoms with Gasteiger partial charge in [-0.25, -0.2) is 4.79 Å². The first-order valence-corrected chi connectivity index (χ1v) is 8.26. The zero-order chi connectivity index (χ0) is 18.0. The van der Waals surface area contributed by atoms with E-state index in [9.17, 15) is 9.59 Å². The lowest BCUT2D eigenvalue weighted by molar-refractivity contribution is 0.0644. The fourth-order valence-electron chi connectivity index (χ4n) is 3.09. The fourth-order valence-corrected chi connectivity index (χ4v) is 3.09. The Kier molecular flexibility index (Phi) is 4.90. The highest BCUT2D eigenvalue weighted by molar-refractivity contribution is 5.97. The van der Waals surface area contributed by atoms with Crippen LogP contribution < -0.4 is 10.4 Å². The summed E-state index contributed by atoms with van der Waals surface area (Å²) in [4.78, 5) is 29.0. The summed E-state index contributed by atoms with van der Waals surface area (Å²) in [5.74, 6) is 0.190. The van der Waals surface area contributed by atoms with E-state index in [1.54, 1.807) is 29.2 Å². The van der Waals surface area contributed by atoms with Gasteiger partial charge in [0.25, 0.3) is 5.91 Å². The smallest absolute Gasteiger partial charge is 0.349 e. The van der Waals surface area contributed by atoms with Crippen LogP contribution in [-0.2, 0) is 0 Å². The van der Waals surface area contributed by atoms with E-state index >= 15 is 0 Å². The van der Waals surface area contributed by atoms with Crippen molar-refractivity contribution < 1.29 is 13.9 Å². The number of piperazine rings is 1. The van der Waals surface area contributed by atoms with Crippen LogP contribution in [0, 0.1) is 0 Å². The van der Waals surface area contributed by atoms with Gasteiger partial charge in [-0.15, -0.1) is 0 Å². The van der Waals surface area contributed by atoms with Gasteiger partial charge in [-0.1, -0.05) is 24.3 Å². The Balaban J connectivity index is 1.82. The second-order valence-corrected chi connectivity index (χ2v) is 6.35. The van der Waals surface area contributed by atoms with Crippen LogP contribution in [0.3, 0.4) is 0 Å². The maximum Gasteiger partial charge on any atom is 0.349 e. The molecule has 0 spiro atoms. The number of rotatable bonds is 4.